The second-order valence-electron chi connectivity index (χ2n) is 14.5. The Bertz CT molecular complexity index is 922. The van der Waals surface area contributed by atoms with Crippen LogP contribution in [0.4, 0.5) is 0 Å². The molecule has 0 aromatic carbocycles. The van der Waals surface area contributed by atoms with Gasteiger partial charge in [-0.15, -0.1) is 0 Å². The summed E-state index contributed by atoms with van der Waals surface area (Å²) in [5, 5.41) is 39.7. The maximum atomic E-state index is 13.7. The second kappa shape index (κ2) is 34.4. The van der Waals surface area contributed by atoms with Gasteiger partial charge in [0.2, 0.25) is 5.60 Å². The first-order chi connectivity index (χ1) is 25.2. The van der Waals surface area contributed by atoms with Crippen molar-refractivity contribution < 1.29 is 44.3 Å². The molecule has 0 aromatic rings. The lowest BCUT2D eigenvalue weighted by Gasteiger charge is -2.36. The zero-order chi connectivity index (χ0) is 38.7. The summed E-state index contributed by atoms with van der Waals surface area (Å²) in [6.07, 6.45) is 31.2. The van der Waals surface area contributed by atoms with Crippen LogP contribution in [0.15, 0.2) is 24.3 Å². The van der Waals surface area contributed by atoms with Crippen molar-refractivity contribution in [3.05, 3.63) is 24.3 Å². The van der Waals surface area contributed by atoms with E-state index >= 15 is 0 Å². The van der Waals surface area contributed by atoms with E-state index in [1.54, 1.807) is 0 Å². The van der Waals surface area contributed by atoms with Crippen LogP contribution in [0.5, 0.6) is 0 Å². The summed E-state index contributed by atoms with van der Waals surface area (Å²) >= 11 is 0. The van der Waals surface area contributed by atoms with Crippen molar-refractivity contribution in [2.24, 2.45) is 0 Å². The fraction of sp³-hybridized carbons (Fsp3) is 0.814. The Balaban J connectivity index is 4.93. The van der Waals surface area contributed by atoms with Gasteiger partial charge in [0.05, 0.1) is 13.0 Å². The smallest absolute Gasteiger partial charge is 0.333 e. The van der Waals surface area contributed by atoms with Crippen LogP contribution in [-0.2, 0) is 23.9 Å². The SMILES string of the molecule is CCCCCCCC/C=C\CCCCCCCC(=O)C(OC(CC(=O)O)C(=O)O)(C(=O)CCCCCCC/C=C\CCCCCCCC)[C@@H](O)CO. The standard InChI is InChI=1S/C43H76O9/c1-3-5-7-9-11-13-15-17-19-21-23-25-27-29-31-33-38(45)43(40(47)36-44,52-37(42(50)51)35-41(48)49)39(46)34-32-30-28-26-24-22-20-18-16-14-12-10-8-6-4-2/h17-20,37,40,44,47H,3-16,21-36H2,1-2H3,(H,48,49)(H,50,51)/b19-17-,20-18-/t37?,40-/m0/s1. The summed E-state index contributed by atoms with van der Waals surface area (Å²) in [4.78, 5) is 50.7. The van der Waals surface area contributed by atoms with Crippen LogP contribution in [0.2, 0.25) is 0 Å². The highest BCUT2D eigenvalue weighted by Gasteiger charge is 2.53. The van der Waals surface area contributed by atoms with Crippen LogP contribution in [-0.4, -0.2) is 68.3 Å². The molecule has 0 aliphatic carbocycles. The normalized spacial score (nSPS) is 13.2. The van der Waals surface area contributed by atoms with E-state index in [0.29, 0.717) is 25.7 Å². The molecule has 0 aliphatic heterocycles. The Hall–Kier alpha value is -2.36. The van der Waals surface area contributed by atoms with Crippen LogP contribution in [0.25, 0.3) is 0 Å². The van der Waals surface area contributed by atoms with Crippen LogP contribution in [0.1, 0.15) is 200 Å². The van der Waals surface area contributed by atoms with Gasteiger partial charge in [-0.05, 0) is 64.2 Å². The number of hydrogen-bond donors (Lipinski definition) is 4. The van der Waals surface area contributed by atoms with Gasteiger partial charge in [0.15, 0.2) is 17.7 Å². The number of carbonyl (C=O) groups excluding carboxylic acids is 2. The molecule has 0 saturated carbocycles. The average molecular weight is 737 g/mol. The molecule has 1 unspecified atom stereocenters. The Kier molecular flexibility index (Phi) is 32.8. The van der Waals surface area contributed by atoms with Gasteiger partial charge < -0.3 is 25.2 Å². The lowest BCUT2D eigenvalue weighted by Crippen LogP contribution is -2.61. The molecule has 0 heterocycles. The minimum atomic E-state index is -2.64. The number of aliphatic carboxylic acids is 2. The first-order valence-electron chi connectivity index (χ1n) is 20.9. The topological polar surface area (TPSA) is 158 Å². The molecule has 0 saturated heterocycles. The maximum absolute atomic E-state index is 13.7. The second-order valence-corrected chi connectivity index (χ2v) is 14.5. The molecule has 0 radical (unpaired) electrons. The predicted octanol–water partition coefficient (Wildman–Crippen LogP) is 10.2. The van der Waals surface area contributed by atoms with E-state index in [1.807, 2.05) is 0 Å². The number of Topliss-reactive ketones (excluding diaryl/α,β-unsaturated/α-hetero) is 2. The maximum Gasteiger partial charge on any atom is 0.333 e. The first kappa shape index (κ1) is 49.6. The average Bonchev–Trinajstić information content (AvgIpc) is 3.12. The molecule has 0 fully saturated rings. The summed E-state index contributed by atoms with van der Waals surface area (Å²) in [6, 6.07) is 0. The molecule has 0 rings (SSSR count). The number of carboxylic acids is 2. The quantitative estimate of drug-likeness (QED) is 0.0274. The van der Waals surface area contributed by atoms with Crippen LogP contribution in [0.3, 0.4) is 0 Å². The van der Waals surface area contributed by atoms with Gasteiger partial charge in [-0.25, -0.2) is 4.79 Å². The minimum Gasteiger partial charge on any atom is -0.481 e. The summed E-state index contributed by atoms with van der Waals surface area (Å²) in [5.74, 6) is -4.80. The summed E-state index contributed by atoms with van der Waals surface area (Å²) < 4.78 is 5.53. The van der Waals surface area contributed by atoms with Crippen molar-refractivity contribution in [2.75, 3.05) is 6.61 Å². The monoisotopic (exact) mass is 737 g/mol. The molecule has 0 spiro atoms. The van der Waals surface area contributed by atoms with E-state index in [9.17, 15) is 39.6 Å². The highest BCUT2D eigenvalue weighted by molar-refractivity contribution is 6.11. The van der Waals surface area contributed by atoms with Crippen molar-refractivity contribution in [1.82, 2.24) is 0 Å². The number of hydrogen-bond acceptors (Lipinski definition) is 7. The molecule has 302 valence electrons. The molecular formula is C43H76O9. The molecule has 2 atom stereocenters. The van der Waals surface area contributed by atoms with Crippen LogP contribution in [0, 0.1) is 0 Å². The third-order valence-electron chi connectivity index (χ3n) is 9.77. The predicted molar refractivity (Wildman–Crippen MR) is 210 cm³/mol. The number of allylic oxidation sites excluding steroid dienone is 4. The van der Waals surface area contributed by atoms with Crippen molar-refractivity contribution in [3.8, 4) is 0 Å². The Morgan fingerprint density at radius 2 is 0.865 bits per heavy atom. The van der Waals surface area contributed by atoms with E-state index < -0.39 is 54.3 Å². The third kappa shape index (κ3) is 24.8. The van der Waals surface area contributed by atoms with Crippen molar-refractivity contribution in [3.63, 3.8) is 0 Å². The fourth-order valence-electron chi connectivity index (χ4n) is 6.51. The number of carboxylic acid groups (broad SMARTS) is 2. The highest BCUT2D eigenvalue weighted by atomic mass is 16.6. The van der Waals surface area contributed by atoms with Gasteiger partial charge >= 0.3 is 11.9 Å². The lowest BCUT2D eigenvalue weighted by molar-refractivity contribution is -0.197. The van der Waals surface area contributed by atoms with Gasteiger partial charge in [0.1, 0.15) is 6.10 Å². The zero-order valence-electron chi connectivity index (χ0n) is 33.0. The molecule has 4 N–H and O–H groups in total. The van der Waals surface area contributed by atoms with E-state index in [0.717, 1.165) is 64.2 Å². The number of ketones is 2. The summed E-state index contributed by atoms with van der Waals surface area (Å²) in [6.45, 7) is 3.43. The molecule has 0 bridgehead atoms. The zero-order valence-corrected chi connectivity index (χ0v) is 33.0. The first-order valence-corrected chi connectivity index (χ1v) is 20.9. The van der Waals surface area contributed by atoms with Crippen molar-refractivity contribution in [1.29, 1.82) is 0 Å². The number of aliphatic hydroxyl groups is 2. The molecule has 9 nitrogen and oxygen atoms in total. The van der Waals surface area contributed by atoms with E-state index in [-0.39, 0.29) is 12.8 Å². The number of rotatable bonds is 39. The Morgan fingerprint density at radius 3 is 1.17 bits per heavy atom. The van der Waals surface area contributed by atoms with Gasteiger partial charge in [0.25, 0.3) is 0 Å². The molecule has 0 aromatic heterocycles. The van der Waals surface area contributed by atoms with Crippen molar-refractivity contribution >= 4 is 23.5 Å². The number of unbranched alkanes of at least 4 members (excludes halogenated alkanes) is 22. The Labute approximate surface area is 316 Å². The van der Waals surface area contributed by atoms with Gasteiger partial charge in [-0.3, -0.25) is 14.4 Å². The largest absolute Gasteiger partial charge is 0.481 e. The molecule has 0 aliphatic rings. The highest BCUT2D eigenvalue weighted by Crippen LogP contribution is 2.29. The summed E-state index contributed by atoms with van der Waals surface area (Å²) in [7, 11) is 0. The van der Waals surface area contributed by atoms with Gasteiger partial charge in [0, 0.05) is 12.8 Å². The molecular weight excluding hydrogens is 660 g/mol. The Morgan fingerprint density at radius 1 is 0.538 bits per heavy atom. The van der Waals surface area contributed by atoms with Crippen LogP contribution < -0.4 is 0 Å². The molecule has 52 heavy (non-hydrogen) atoms. The number of carbonyl (C=O) groups is 4. The summed E-state index contributed by atoms with van der Waals surface area (Å²) in [5.41, 5.74) is -2.64. The van der Waals surface area contributed by atoms with Gasteiger partial charge in [-0.1, -0.05) is 141 Å². The van der Waals surface area contributed by atoms with E-state index in [2.05, 4.69) is 38.2 Å². The molecule has 9 heteroatoms. The molecule has 0 amide bonds. The van der Waals surface area contributed by atoms with Crippen LogP contribution >= 0.6 is 0 Å². The third-order valence-corrected chi connectivity index (χ3v) is 9.77. The number of aliphatic hydroxyl groups excluding tert-OH is 2. The fourth-order valence-corrected chi connectivity index (χ4v) is 6.51. The lowest BCUT2D eigenvalue weighted by atomic mass is 9.82. The van der Waals surface area contributed by atoms with Gasteiger partial charge in [-0.2, -0.15) is 0 Å². The van der Waals surface area contributed by atoms with E-state index in [4.69, 9.17) is 4.74 Å². The van der Waals surface area contributed by atoms with E-state index in [1.165, 1.54) is 77.0 Å². The van der Waals surface area contributed by atoms with Crippen molar-refractivity contribution in [2.45, 2.75) is 218 Å². The number of ether oxygens (including phenoxy) is 1. The minimum absolute atomic E-state index is 0.160.